The molecule has 2 aromatic carbocycles. The van der Waals surface area contributed by atoms with Gasteiger partial charge in [-0.15, -0.1) is 11.3 Å². The summed E-state index contributed by atoms with van der Waals surface area (Å²) in [5, 5.41) is 6.33. The van der Waals surface area contributed by atoms with Crippen molar-refractivity contribution in [3.05, 3.63) is 88.3 Å². The number of halogens is 1. The lowest BCUT2D eigenvalue weighted by Gasteiger charge is -2.04. The average molecular weight is 404 g/mol. The number of nitrogens with zero attached hydrogens (tertiary/aromatic N) is 4. The van der Waals surface area contributed by atoms with Crippen LogP contribution in [-0.2, 0) is 6.54 Å². The molecule has 0 unspecified atom stereocenters. The Bertz CT molecular complexity index is 1360. The zero-order valence-electron chi connectivity index (χ0n) is 14.9. The molecule has 0 atom stereocenters. The molecule has 3 aromatic heterocycles. The van der Waals surface area contributed by atoms with Crippen molar-refractivity contribution in [2.24, 2.45) is 0 Å². The highest BCUT2D eigenvalue weighted by Gasteiger charge is 2.15. The van der Waals surface area contributed by atoms with Crippen molar-refractivity contribution in [3.63, 3.8) is 0 Å². The minimum absolute atomic E-state index is 0.136. The molecule has 3 heterocycles. The molecule has 0 fully saturated rings. The van der Waals surface area contributed by atoms with Gasteiger partial charge in [-0.3, -0.25) is 9.36 Å². The summed E-state index contributed by atoms with van der Waals surface area (Å²) >= 11 is 1.38. The highest BCUT2D eigenvalue weighted by molar-refractivity contribution is 7.17. The Morgan fingerprint density at radius 2 is 1.83 bits per heavy atom. The van der Waals surface area contributed by atoms with Gasteiger partial charge in [-0.25, -0.2) is 9.37 Å². The largest absolute Gasteiger partial charge is 0.334 e. The van der Waals surface area contributed by atoms with Crippen LogP contribution in [0.4, 0.5) is 4.39 Å². The molecule has 0 radical (unpaired) electrons. The zero-order valence-corrected chi connectivity index (χ0v) is 15.8. The fraction of sp³-hybridized carbons (Fsp3) is 0.0476. The van der Waals surface area contributed by atoms with Gasteiger partial charge >= 0.3 is 0 Å². The lowest BCUT2D eigenvalue weighted by Crippen LogP contribution is -2.21. The Hall–Kier alpha value is -3.65. The molecule has 0 amide bonds. The van der Waals surface area contributed by atoms with Gasteiger partial charge in [-0.2, -0.15) is 4.98 Å². The summed E-state index contributed by atoms with van der Waals surface area (Å²) < 4.78 is 20.0. The maximum Gasteiger partial charge on any atom is 0.263 e. The van der Waals surface area contributed by atoms with Crippen LogP contribution in [0.15, 0.2) is 75.6 Å². The van der Waals surface area contributed by atoms with E-state index in [9.17, 15) is 9.18 Å². The molecule has 0 aliphatic rings. The van der Waals surface area contributed by atoms with Crippen LogP contribution < -0.4 is 5.56 Å². The predicted molar refractivity (Wildman–Crippen MR) is 108 cm³/mol. The summed E-state index contributed by atoms with van der Waals surface area (Å²) in [6.45, 7) is 0.136. The Balaban J connectivity index is 1.52. The molecular formula is C21H13FN4O2S. The number of benzene rings is 2. The first-order chi connectivity index (χ1) is 14.2. The molecule has 0 aliphatic carbocycles. The van der Waals surface area contributed by atoms with Crippen molar-refractivity contribution in [2.45, 2.75) is 6.54 Å². The fourth-order valence-electron chi connectivity index (χ4n) is 3.09. The molecule has 29 heavy (non-hydrogen) atoms. The van der Waals surface area contributed by atoms with Crippen molar-refractivity contribution in [1.29, 1.82) is 0 Å². The van der Waals surface area contributed by atoms with Crippen molar-refractivity contribution >= 4 is 21.6 Å². The number of rotatable bonds is 4. The second kappa shape index (κ2) is 7.06. The summed E-state index contributed by atoms with van der Waals surface area (Å²) in [7, 11) is 0. The van der Waals surface area contributed by atoms with Crippen LogP contribution in [0.2, 0.25) is 0 Å². The third-order valence-electron chi connectivity index (χ3n) is 4.52. The van der Waals surface area contributed by atoms with Gasteiger partial charge in [0.1, 0.15) is 10.6 Å². The highest BCUT2D eigenvalue weighted by Crippen LogP contribution is 2.30. The van der Waals surface area contributed by atoms with E-state index in [0.29, 0.717) is 21.9 Å². The van der Waals surface area contributed by atoms with Crippen molar-refractivity contribution in [2.75, 3.05) is 0 Å². The van der Waals surface area contributed by atoms with E-state index in [-0.39, 0.29) is 17.9 Å². The Labute approximate surface area is 167 Å². The molecule has 0 N–H and O–H groups in total. The molecular weight excluding hydrogens is 391 g/mol. The molecule has 8 heteroatoms. The van der Waals surface area contributed by atoms with Crippen LogP contribution in [0.25, 0.3) is 32.8 Å². The van der Waals surface area contributed by atoms with E-state index in [0.717, 1.165) is 16.7 Å². The monoisotopic (exact) mass is 404 g/mol. The summed E-state index contributed by atoms with van der Waals surface area (Å²) in [4.78, 5) is 22.5. The summed E-state index contributed by atoms with van der Waals surface area (Å²) in [6, 6.07) is 15.5. The summed E-state index contributed by atoms with van der Waals surface area (Å²) in [6.07, 6.45) is 1.48. The van der Waals surface area contributed by atoms with E-state index < -0.39 is 0 Å². The lowest BCUT2D eigenvalue weighted by atomic mass is 10.1. The van der Waals surface area contributed by atoms with Crippen LogP contribution in [-0.4, -0.2) is 19.7 Å². The molecule has 0 spiro atoms. The molecule has 0 aliphatic heterocycles. The minimum atomic E-state index is -0.324. The number of aromatic nitrogens is 4. The number of hydrogen-bond donors (Lipinski definition) is 0. The van der Waals surface area contributed by atoms with E-state index in [1.165, 1.54) is 34.4 Å². The second-order valence-corrected chi connectivity index (χ2v) is 7.25. The third-order valence-corrected chi connectivity index (χ3v) is 5.40. The van der Waals surface area contributed by atoms with Crippen LogP contribution in [0.1, 0.15) is 5.82 Å². The smallest absolute Gasteiger partial charge is 0.263 e. The van der Waals surface area contributed by atoms with Crippen LogP contribution >= 0.6 is 11.3 Å². The Morgan fingerprint density at radius 3 is 2.62 bits per heavy atom. The fourth-order valence-corrected chi connectivity index (χ4v) is 4.00. The number of hydrogen-bond acceptors (Lipinski definition) is 6. The minimum Gasteiger partial charge on any atom is -0.334 e. The first-order valence-electron chi connectivity index (χ1n) is 8.79. The first-order valence-corrected chi connectivity index (χ1v) is 9.67. The van der Waals surface area contributed by atoms with E-state index in [1.54, 1.807) is 12.1 Å². The van der Waals surface area contributed by atoms with E-state index in [2.05, 4.69) is 15.1 Å². The summed E-state index contributed by atoms with van der Waals surface area (Å²) in [5.74, 6) is 0.450. The average Bonchev–Trinajstić information content (AvgIpc) is 3.39. The van der Waals surface area contributed by atoms with Gasteiger partial charge in [-0.1, -0.05) is 35.5 Å². The highest BCUT2D eigenvalue weighted by atomic mass is 32.1. The molecule has 0 saturated heterocycles. The lowest BCUT2D eigenvalue weighted by molar-refractivity contribution is 0.420. The molecule has 5 rings (SSSR count). The SMILES string of the molecule is O=c1c2c(-c3ccc(F)cc3)csc2ncn1Cc1noc(-c2ccccc2)n1. The quantitative estimate of drug-likeness (QED) is 0.445. The molecule has 0 bridgehead atoms. The predicted octanol–water partition coefficient (Wildman–Crippen LogP) is 4.36. The van der Waals surface area contributed by atoms with Gasteiger partial charge in [0.05, 0.1) is 18.3 Å². The normalized spacial score (nSPS) is 11.2. The standard InChI is InChI=1S/C21H13FN4O2S/c22-15-8-6-13(7-9-15)16-11-29-20-18(16)21(27)26(12-23-20)10-17-24-19(28-25-17)14-4-2-1-3-5-14/h1-9,11-12H,10H2. The number of thiophene rings is 1. The zero-order chi connectivity index (χ0) is 19.8. The van der Waals surface area contributed by atoms with Gasteiger partial charge < -0.3 is 4.52 Å². The summed E-state index contributed by atoms with van der Waals surface area (Å²) in [5.41, 5.74) is 2.10. The molecule has 6 nitrogen and oxygen atoms in total. The van der Waals surface area contributed by atoms with Crippen molar-refractivity contribution < 1.29 is 8.91 Å². The third kappa shape index (κ3) is 3.23. The Morgan fingerprint density at radius 1 is 1.03 bits per heavy atom. The van der Waals surface area contributed by atoms with E-state index in [4.69, 9.17) is 4.52 Å². The van der Waals surface area contributed by atoms with Crippen LogP contribution in [0.5, 0.6) is 0 Å². The van der Waals surface area contributed by atoms with E-state index in [1.807, 2.05) is 35.7 Å². The Kier molecular flexibility index (Phi) is 4.25. The molecule has 5 aromatic rings. The van der Waals surface area contributed by atoms with Crippen LogP contribution in [0.3, 0.4) is 0 Å². The molecule has 0 saturated carbocycles. The van der Waals surface area contributed by atoms with Gasteiger partial charge in [0, 0.05) is 16.5 Å². The van der Waals surface area contributed by atoms with Gasteiger partial charge in [0.25, 0.3) is 11.4 Å². The van der Waals surface area contributed by atoms with Crippen molar-refractivity contribution in [3.8, 4) is 22.6 Å². The second-order valence-electron chi connectivity index (χ2n) is 6.40. The molecule has 142 valence electrons. The van der Waals surface area contributed by atoms with Crippen molar-refractivity contribution in [1.82, 2.24) is 19.7 Å². The number of fused-ring (bicyclic) bond motifs is 1. The van der Waals surface area contributed by atoms with Crippen LogP contribution in [0, 0.1) is 5.82 Å². The van der Waals surface area contributed by atoms with Gasteiger partial charge in [-0.05, 0) is 29.8 Å². The maximum absolute atomic E-state index is 13.3. The van der Waals surface area contributed by atoms with Gasteiger partial charge in [0.2, 0.25) is 0 Å². The van der Waals surface area contributed by atoms with E-state index >= 15 is 0 Å². The maximum atomic E-state index is 13.3. The van der Waals surface area contributed by atoms with Gasteiger partial charge in [0.15, 0.2) is 5.82 Å². The topological polar surface area (TPSA) is 73.8 Å². The first kappa shape index (κ1) is 17.4.